The summed E-state index contributed by atoms with van der Waals surface area (Å²) in [5.74, 6) is -0.0772. The summed E-state index contributed by atoms with van der Waals surface area (Å²) in [6.45, 7) is 4.83. The van der Waals surface area contributed by atoms with E-state index in [-0.39, 0.29) is 18.5 Å². The van der Waals surface area contributed by atoms with E-state index in [4.69, 9.17) is 4.74 Å². The molecule has 2 atom stereocenters. The van der Waals surface area contributed by atoms with Gasteiger partial charge < -0.3 is 20.3 Å². The van der Waals surface area contributed by atoms with Crippen molar-refractivity contribution in [3.63, 3.8) is 0 Å². The zero-order chi connectivity index (χ0) is 48.6. The van der Waals surface area contributed by atoms with Crippen molar-refractivity contribution in [2.75, 3.05) is 13.2 Å². The lowest BCUT2D eigenvalue weighted by Gasteiger charge is -2.20. The van der Waals surface area contributed by atoms with Gasteiger partial charge >= 0.3 is 5.97 Å². The molecule has 6 nitrogen and oxygen atoms in total. The van der Waals surface area contributed by atoms with Crippen molar-refractivity contribution in [3.8, 4) is 0 Å². The molecule has 0 aliphatic rings. The van der Waals surface area contributed by atoms with Crippen LogP contribution >= 0.6 is 0 Å². The fourth-order valence-corrected chi connectivity index (χ4v) is 8.78. The Bertz CT molecular complexity index is 1130. The number of unbranched alkanes of at least 4 members (excludes halogenated alkanes) is 37. The molecule has 392 valence electrons. The molecule has 0 fully saturated rings. The lowest BCUT2D eigenvalue weighted by molar-refractivity contribution is -0.143. The molecule has 3 N–H and O–H groups in total. The first kappa shape index (κ1) is 64.8. The van der Waals surface area contributed by atoms with E-state index in [0.717, 1.165) is 51.4 Å². The van der Waals surface area contributed by atoms with Crippen molar-refractivity contribution in [1.29, 1.82) is 0 Å². The number of aliphatic hydroxyl groups excluding tert-OH is 2. The number of hydrogen-bond acceptors (Lipinski definition) is 5. The molecule has 0 bridgehead atoms. The molecule has 0 aromatic heterocycles. The SMILES string of the molecule is CCC/C=C\C/C=C\CCCCCCCC(=O)OCCCCCCCCCCCCCC/C=C\CCCCCCCCCCC(=O)NC(CO)C(O)/C=C/CCCCCCCCCCCCC. The van der Waals surface area contributed by atoms with Gasteiger partial charge in [-0.3, -0.25) is 9.59 Å². The lowest BCUT2D eigenvalue weighted by Crippen LogP contribution is -2.45. The van der Waals surface area contributed by atoms with Crippen LogP contribution in [0.5, 0.6) is 0 Å². The van der Waals surface area contributed by atoms with Gasteiger partial charge in [-0.15, -0.1) is 0 Å². The van der Waals surface area contributed by atoms with Crippen molar-refractivity contribution in [3.05, 3.63) is 48.6 Å². The first-order chi connectivity index (χ1) is 33.0. The van der Waals surface area contributed by atoms with Crippen molar-refractivity contribution in [2.24, 2.45) is 0 Å². The Kier molecular flexibility index (Phi) is 54.6. The maximum Gasteiger partial charge on any atom is 0.305 e. The number of ether oxygens (including phenoxy) is 1. The van der Waals surface area contributed by atoms with Crippen molar-refractivity contribution < 1.29 is 24.5 Å². The Balaban J connectivity index is 3.43. The second-order valence-corrected chi connectivity index (χ2v) is 20.0. The van der Waals surface area contributed by atoms with Crippen LogP contribution in [0.3, 0.4) is 0 Å². The Morgan fingerprint density at radius 3 is 1.21 bits per heavy atom. The predicted octanol–water partition coefficient (Wildman–Crippen LogP) is 18.2. The number of hydrogen-bond donors (Lipinski definition) is 3. The molecule has 0 radical (unpaired) electrons. The number of carbonyl (C=O) groups is 2. The average Bonchev–Trinajstić information content (AvgIpc) is 3.33. The summed E-state index contributed by atoms with van der Waals surface area (Å²) >= 11 is 0. The lowest BCUT2D eigenvalue weighted by atomic mass is 10.0. The zero-order valence-electron chi connectivity index (χ0n) is 44.6. The first-order valence-electron chi connectivity index (χ1n) is 29.4. The normalized spacial score (nSPS) is 13.0. The maximum atomic E-state index is 12.4. The highest BCUT2D eigenvalue weighted by atomic mass is 16.5. The molecule has 0 saturated heterocycles. The van der Waals surface area contributed by atoms with Gasteiger partial charge in [0, 0.05) is 12.8 Å². The second kappa shape index (κ2) is 56.4. The van der Waals surface area contributed by atoms with Crippen LogP contribution < -0.4 is 5.32 Å². The van der Waals surface area contributed by atoms with Gasteiger partial charge in [-0.05, 0) is 83.5 Å². The summed E-state index contributed by atoms with van der Waals surface area (Å²) in [4.78, 5) is 24.4. The number of carbonyl (C=O) groups excluding carboxylic acids is 2. The Hall–Kier alpha value is -2.18. The maximum absolute atomic E-state index is 12.4. The van der Waals surface area contributed by atoms with E-state index in [1.165, 1.54) is 225 Å². The third-order valence-corrected chi connectivity index (χ3v) is 13.3. The molecule has 0 heterocycles. The topological polar surface area (TPSA) is 95.9 Å². The van der Waals surface area contributed by atoms with Crippen LogP contribution in [-0.2, 0) is 14.3 Å². The standard InChI is InChI=1S/C61H113NO5/c1-3-5-7-9-11-13-15-29-33-37-41-45-49-53-59(64)58(57-63)62-60(65)54-50-46-42-38-34-31-27-25-23-21-19-17-18-20-22-24-26-28-32-36-40-44-48-52-56-67-61(66)55-51-47-43-39-35-30-16-14-12-10-8-6-4-2/h8,10,14,16,19,21,49,53,58-59,63-64H,3-7,9,11-13,15,17-18,20,22-48,50-52,54-57H2,1-2H3,(H,62,65)/b10-8-,16-14-,21-19-,53-49+. The Morgan fingerprint density at radius 2 is 0.776 bits per heavy atom. The quantitative estimate of drug-likeness (QED) is 0.0321. The highest BCUT2D eigenvalue weighted by Gasteiger charge is 2.18. The number of allylic oxidation sites excluding steroid dienone is 7. The summed E-state index contributed by atoms with van der Waals surface area (Å²) in [7, 11) is 0. The minimum Gasteiger partial charge on any atom is -0.466 e. The molecule has 0 spiro atoms. The predicted molar refractivity (Wildman–Crippen MR) is 292 cm³/mol. The van der Waals surface area contributed by atoms with Crippen molar-refractivity contribution in [1.82, 2.24) is 5.32 Å². The van der Waals surface area contributed by atoms with Crippen LogP contribution in [0.25, 0.3) is 0 Å². The number of nitrogens with one attached hydrogen (secondary N) is 1. The van der Waals surface area contributed by atoms with Crippen LogP contribution in [0, 0.1) is 0 Å². The molecule has 0 aromatic rings. The minimum atomic E-state index is -0.847. The summed E-state index contributed by atoms with van der Waals surface area (Å²) in [5, 5.41) is 23.1. The third-order valence-electron chi connectivity index (χ3n) is 13.3. The smallest absolute Gasteiger partial charge is 0.305 e. The molecule has 67 heavy (non-hydrogen) atoms. The molecular formula is C61H113NO5. The number of esters is 1. The van der Waals surface area contributed by atoms with Gasteiger partial charge in [0.2, 0.25) is 5.91 Å². The molecule has 0 aliphatic heterocycles. The molecule has 2 unspecified atom stereocenters. The van der Waals surface area contributed by atoms with Gasteiger partial charge in [0.05, 0.1) is 25.4 Å². The van der Waals surface area contributed by atoms with Gasteiger partial charge in [-0.1, -0.05) is 255 Å². The second-order valence-electron chi connectivity index (χ2n) is 20.0. The van der Waals surface area contributed by atoms with Crippen LogP contribution in [0.4, 0.5) is 0 Å². The van der Waals surface area contributed by atoms with Gasteiger partial charge in [-0.25, -0.2) is 0 Å². The molecule has 6 heteroatoms. The largest absolute Gasteiger partial charge is 0.466 e. The summed E-state index contributed by atoms with van der Waals surface area (Å²) in [6.07, 6.45) is 71.4. The van der Waals surface area contributed by atoms with Crippen LogP contribution in [0.2, 0.25) is 0 Å². The van der Waals surface area contributed by atoms with E-state index in [1.54, 1.807) is 6.08 Å². The highest BCUT2D eigenvalue weighted by molar-refractivity contribution is 5.76. The molecule has 0 aromatic carbocycles. The number of rotatable bonds is 54. The van der Waals surface area contributed by atoms with Crippen LogP contribution in [0.1, 0.15) is 303 Å². The third kappa shape index (κ3) is 53.0. The fourth-order valence-electron chi connectivity index (χ4n) is 8.78. The van der Waals surface area contributed by atoms with Gasteiger partial charge in [0.25, 0.3) is 0 Å². The van der Waals surface area contributed by atoms with E-state index >= 15 is 0 Å². The highest BCUT2D eigenvalue weighted by Crippen LogP contribution is 2.16. The van der Waals surface area contributed by atoms with Crippen LogP contribution in [-0.4, -0.2) is 47.4 Å². The van der Waals surface area contributed by atoms with E-state index in [9.17, 15) is 19.8 Å². The molecular weight excluding hydrogens is 827 g/mol. The van der Waals surface area contributed by atoms with Gasteiger partial charge in [0.1, 0.15) is 0 Å². The summed E-state index contributed by atoms with van der Waals surface area (Å²) in [5.41, 5.74) is 0. The molecule has 0 aliphatic carbocycles. The molecule has 0 rings (SSSR count). The molecule has 1 amide bonds. The van der Waals surface area contributed by atoms with Gasteiger partial charge in [-0.2, -0.15) is 0 Å². The van der Waals surface area contributed by atoms with E-state index < -0.39 is 12.1 Å². The number of amides is 1. The Labute approximate surface area is 416 Å². The van der Waals surface area contributed by atoms with E-state index in [1.807, 2.05) is 6.08 Å². The van der Waals surface area contributed by atoms with E-state index in [2.05, 4.69) is 55.6 Å². The molecule has 0 saturated carbocycles. The van der Waals surface area contributed by atoms with E-state index in [0.29, 0.717) is 19.4 Å². The fraction of sp³-hybridized carbons (Fsp3) is 0.836. The zero-order valence-corrected chi connectivity index (χ0v) is 44.6. The number of aliphatic hydroxyl groups is 2. The monoisotopic (exact) mass is 940 g/mol. The summed E-state index contributed by atoms with van der Waals surface area (Å²) < 4.78 is 5.46. The average molecular weight is 941 g/mol. The van der Waals surface area contributed by atoms with Crippen molar-refractivity contribution in [2.45, 2.75) is 315 Å². The van der Waals surface area contributed by atoms with Gasteiger partial charge in [0.15, 0.2) is 0 Å². The van der Waals surface area contributed by atoms with Crippen molar-refractivity contribution >= 4 is 11.9 Å². The Morgan fingerprint density at radius 1 is 0.418 bits per heavy atom. The summed E-state index contributed by atoms with van der Waals surface area (Å²) in [6, 6.07) is -0.631. The first-order valence-corrected chi connectivity index (χ1v) is 29.4. The minimum absolute atomic E-state index is 0.00394. The van der Waals surface area contributed by atoms with Crippen LogP contribution in [0.15, 0.2) is 48.6 Å².